The molecule has 2 heterocycles. The van der Waals surface area contributed by atoms with E-state index in [1.165, 1.54) is 7.11 Å². The minimum atomic E-state index is -0.730. The molecule has 1 aromatic heterocycles. The fourth-order valence-electron chi connectivity index (χ4n) is 3.37. The molecule has 1 N–H and O–H groups in total. The summed E-state index contributed by atoms with van der Waals surface area (Å²) >= 11 is 0. The molecule has 1 fully saturated rings. The summed E-state index contributed by atoms with van der Waals surface area (Å²) in [6.45, 7) is 3.67. The number of aliphatic hydroxyl groups is 1. The highest BCUT2D eigenvalue weighted by Crippen LogP contribution is 2.28. The molecule has 1 atom stereocenters. The van der Waals surface area contributed by atoms with Crippen molar-refractivity contribution in [3.63, 3.8) is 0 Å². The Labute approximate surface area is 148 Å². The Kier molecular flexibility index (Phi) is 5.98. The highest BCUT2D eigenvalue weighted by molar-refractivity contribution is 5.91. The van der Waals surface area contributed by atoms with Crippen LogP contribution in [0.3, 0.4) is 0 Å². The monoisotopic (exact) mass is 346 g/mol. The maximum absolute atomic E-state index is 11.8. The number of carbonyl (C=O) groups is 1. The summed E-state index contributed by atoms with van der Waals surface area (Å²) in [4.78, 5) is 20.3. The van der Waals surface area contributed by atoms with E-state index in [1.807, 2.05) is 23.9 Å². The largest absolute Gasteiger partial charge is 0.465 e. The lowest BCUT2D eigenvalue weighted by atomic mass is 9.94. The first-order chi connectivity index (χ1) is 11.8. The molecule has 0 aromatic carbocycles. The zero-order valence-corrected chi connectivity index (χ0v) is 15.4. The number of likely N-dealkylation sites (N-methyl/N-ethyl adjacent to an activating group) is 1. The van der Waals surface area contributed by atoms with Crippen molar-refractivity contribution in [2.24, 2.45) is 0 Å². The van der Waals surface area contributed by atoms with Gasteiger partial charge in [0, 0.05) is 19.6 Å². The lowest BCUT2D eigenvalue weighted by molar-refractivity contribution is 0.00536. The van der Waals surface area contributed by atoms with E-state index in [4.69, 9.17) is 4.74 Å². The summed E-state index contributed by atoms with van der Waals surface area (Å²) in [6.07, 6.45) is 2.13. The highest BCUT2D eigenvalue weighted by Gasteiger charge is 2.32. The Morgan fingerprint density at radius 1 is 1.48 bits per heavy atom. The average Bonchev–Trinajstić information content (AvgIpc) is 2.74. The molecule has 0 radical (unpaired) electrons. The van der Waals surface area contributed by atoms with Crippen LogP contribution >= 0.6 is 0 Å². The normalized spacial score (nSPS) is 20.9. The number of aryl methyl sites for hydroxylation is 1. The number of hydrogen-bond acceptors (Lipinski definition) is 7. The van der Waals surface area contributed by atoms with Crippen molar-refractivity contribution < 1.29 is 14.6 Å². The van der Waals surface area contributed by atoms with Crippen LogP contribution in [0.5, 0.6) is 0 Å². The standard InChI is InChI=1S/C18H26N4O3/c1-13-15(17(23)25-4)10-14(11-19)16(20-13)22-8-5-6-18(24,7-9-22)12-21(2)3/h10,24H,5-9,12H2,1-4H3. The van der Waals surface area contributed by atoms with Gasteiger partial charge in [0.05, 0.1) is 29.5 Å². The summed E-state index contributed by atoms with van der Waals surface area (Å²) in [7, 11) is 5.21. The number of pyridine rings is 1. The molecule has 0 aliphatic carbocycles. The third kappa shape index (κ3) is 4.47. The van der Waals surface area contributed by atoms with Gasteiger partial charge in [0.1, 0.15) is 11.9 Å². The van der Waals surface area contributed by atoms with E-state index in [1.54, 1.807) is 13.0 Å². The highest BCUT2D eigenvalue weighted by atomic mass is 16.5. The zero-order valence-electron chi connectivity index (χ0n) is 15.4. The van der Waals surface area contributed by atoms with E-state index in [-0.39, 0.29) is 0 Å². The Morgan fingerprint density at radius 2 is 2.20 bits per heavy atom. The minimum Gasteiger partial charge on any atom is -0.465 e. The SMILES string of the molecule is COC(=O)c1cc(C#N)c(N2CCCC(O)(CN(C)C)CC2)nc1C. The molecule has 7 heteroatoms. The van der Waals surface area contributed by atoms with Gasteiger partial charge in [-0.05, 0) is 46.3 Å². The molecule has 0 saturated carbocycles. The molecule has 1 aliphatic rings. The fourth-order valence-corrected chi connectivity index (χ4v) is 3.37. The van der Waals surface area contributed by atoms with Crippen LogP contribution < -0.4 is 4.90 Å². The molecule has 2 rings (SSSR count). The molecule has 7 nitrogen and oxygen atoms in total. The van der Waals surface area contributed by atoms with E-state index in [0.717, 1.165) is 6.42 Å². The number of anilines is 1. The van der Waals surface area contributed by atoms with Crippen molar-refractivity contribution in [3.8, 4) is 6.07 Å². The van der Waals surface area contributed by atoms with Crippen molar-refractivity contribution in [2.75, 3.05) is 45.7 Å². The van der Waals surface area contributed by atoms with Crippen molar-refractivity contribution in [1.29, 1.82) is 5.26 Å². The van der Waals surface area contributed by atoms with Crippen LogP contribution in [0.1, 0.15) is 40.9 Å². The molecule has 0 bridgehead atoms. The molecular weight excluding hydrogens is 320 g/mol. The number of rotatable bonds is 4. The summed E-state index contributed by atoms with van der Waals surface area (Å²) in [5.74, 6) is 0.0750. The summed E-state index contributed by atoms with van der Waals surface area (Å²) < 4.78 is 4.75. The van der Waals surface area contributed by atoms with Crippen LogP contribution in [0.25, 0.3) is 0 Å². The smallest absolute Gasteiger partial charge is 0.339 e. The van der Waals surface area contributed by atoms with Crippen molar-refractivity contribution in [3.05, 3.63) is 22.9 Å². The number of carbonyl (C=O) groups excluding carboxylic acids is 1. The number of nitrogens with zero attached hydrogens (tertiary/aromatic N) is 4. The van der Waals surface area contributed by atoms with Crippen LogP contribution in [0.4, 0.5) is 5.82 Å². The predicted octanol–water partition coefficient (Wildman–Crippen LogP) is 1.33. The third-order valence-electron chi connectivity index (χ3n) is 4.55. The summed E-state index contributed by atoms with van der Waals surface area (Å²) in [6, 6.07) is 3.67. The molecule has 1 aromatic rings. The first-order valence-corrected chi connectivity index (χ1v) is 8.42. The Balaban J connectivity index is 2.28. The van der Waals surface area contributed by atoms with Crippen LogP contribution in [0, 0.1) is 18.3 Å². The van der Waals surface area contributed by atoms with Crippen LogP contribution in [-0.4, -0.2) is 67.4 Å². The Bertz CT molecular complexity index is 684. The molecule has 1 aliphatic heterocycles. The van der Waals surface area contributed by atoms with Gasteiger partial charge in [-0.25, -0.2) is 9.78 Å². The fraction of sp³-hybridized carbons (Fsp3) is 0.611. The van der Waals surface area contributed by atoms with E-state index in [2.05, 4.69) is 11.1 Å². The number of hydrogen-bond donors (Lipinski definition) is 1. The lowest BCUT2D eigenvalue weighted by Crippen LogP contribution is -2.41. The average molecular weight is 346 g/mol. The maximum Gasteiger partial charge on any atom is 0.339 e. The molecule has 0 amide bonds. The second-order valence-corrected chi connectivity index (χ2v) is 6.90. The van der Waals surface area contributed by atoms with Gasteiger partial charge in [-0.1, -0.05) is 0 Å². The summed E-state index contributed by atoms with van der Waals surface area (Å²) in [5, 5.41) is 20.3. The van der Waals surface area contributed by atoms with Crippen molar-refractivity contribution in [1.82, 2.24) is 9.88 Å². The zero-order chi connectivity index (χ0) is 18.6. The van der Waals surface area contributed by atoms with Gasteiger partial charge < -0.3 is 19.6 Å². The minimum absolute atomic E-state index is 0.307. The first kappa shape index (κ1) is 19.2. The molecule has 25 heavy (non-hydrogen) atoms. The Morgan fingerprint density at radius 3 is 2.80 bits per heavy atom. The second-order valence-electron chi connectivity index (χ2n) is 6.90. The Hall–Kier alpha value is -2.17. The molecule has 136 valence electrons. The number of ether oxygens (including phenoxy) is 1. The van der Waals surface area contributed by atoms with Crippen molar-refractivity contribution in [2.45, 2.75) is 31.8 Å². The third-order valence-corrected chi connectivity index (χ3v) is 4.55. The van der Waals surface area contributed by atoms with Crippen molar-refractivity contribution >= 4 is 11.8 Å². The van der Waals surface area contributed by atoms with Gasteiger partial charge in [0.25, 0.3) is 0 Å². The first-order valence-electron chi connectivity index (χ1n) is 8.42. The molecule has 1 unspecified atom stereocenters. The molecule has 1 saturated heterocycles. The van der Waals surface area contributed by atoms with Crippen LogP contribution in [0.2, 0.25) is 0 Å². The van der Waals surface area contributed by atoms with E-state index in [9.17, 15) is 15.2 Å². The van der Waals surface area contributed by atoms with Gasteiger partial charge in [-0.3, -0.25) is 0 Å². The van der Waals surface area contributed by atoms with E-state index in [0.29, 0.717) is 55.1 Å². The van der Waals surface area contributed by atoms with Gasteiger partial charge in [-0.2, -0.15) is 5.26 Å². The second kappa shape index (κ2) is 7.81. The van der Waals surface area contributed by atoms with Gasteiger partial charge in [0.2, 0.25) is 0 Å². The quantitative estimate of drug-likeness (QED) is 0.823. The number of aromatic nitrogens is 1. The van der Waals surface area contributed by atoms with E-state index < -0.39 is 11.6 Å². The maximum atomic E-state index is 11.8. The molecule has 0 spiro atoms. The van der Waals surface area contributed by atoms with E-state index >= 15 is 0 Å². The van der Waals surface area contributed by atoms with Gasteiger partial charge in [-0.15, -0.1) is 0 Å². The predicted molar refractivity (Wildman–Crippen MR) is 94.6 cm³/mol. The molecular formula is C18H26N4O3. The lowest BCUT2D eigenvalue weighted by Gasteiger charge is -2.30. The number of esters is 1. The number of methoxy groups -OCH3 is 1. The number of nitriles is 1. The van der Waals surface area contributed by atoms with Gasteiger partial charge >= 0.3 is 5.97 Å². The topological polar surface area (TPSA) is 89.7 Å². The van der Waals surface area contributed by atoms with Gasteiger partial charge in [0.15, 0.2) is 0 Å². The van der Waals surface area contributed by atoms with Crippen LogP contribution in [-0.2, 0) is 4.74 Å². The summed E-state index contributed by atoms with van der Waals surface area (Å²) in [5.41, 5.74) is 0.464. The van der Waals surface area contributed by atoms with Crippen LogP contribution in [0.15, 0.2) is 6.07 Å².